The van der Waals surface area contributed by atoms with Crippen molar-refractivity contribution in [3.63, 3.8) is 0 Å². The molecule has 0 unspecified atom stereocenters. The zero-order valence-electron chi connectivity index (χ0n) is 16.3. The van der Waals surface area contributed by atoms with E-state index in [0.717, 1.165) is 59.0 Å². The lowest BCUT2D eigenvalue weighted by Crippen LogP contribution is -2.46. The fourth-order valence-corrected chi connectivity index (χ4v) is 3.91. The fraction of sp³-hybridized carbons (Fsp3) is 0.286. The van der Waals surface area contributed by atoms with Crippen LogP contribution in [0.5, 0.6) is 5.75 Å². The van der Waals surface area contributed by atoms with E-state index < -0.39 is 7.05 Å². The maximum absolute atomic E-state index is 10.1. The van der Waals surface area contributed by atoms with Gasteiger partial charge in [-0.1, -0.05) is 18.2 Å². The molecular formula is C21H22BN5O3. The summed E-state index contributed by atoms with van der Waals surface area (Å²) in [5.41, 5.74) is 3.11. The Hall–Kier alpha value is -3.17. The molecule has 3 aromatic rings. The number of aliphatic hydroxyl groups is 1. The zero-order chi connectivity index (χ0) is 20.5. The number of hydrogen-bond donors (Lipinski definition) is 4. The lowest BCUT2D eigenvalue weighted by atomic mass is 9.71. The van der Waals surface area contributed by atoms with E-state index in [1.165, 1.54) is 0 Å². The van der Waals surface area contributed by atoms with Gasteiger partial charge in [0.1, 0.15) is 11.3 Å². The molecule has 9 heteroatoms. The SMILES string of the molecule is OB1NN=Cc2ccc(Nc3ncc4cccc(O[C@H]5CC[C@@H](O)CC5)c4n3)cc21. The van der Waals surface area contributed by atoms with E-state index in [1.807, 2.05) is 36.4 Å². The number of ether oxygens (including phenoxy) is 1. The first-order valence-corrected chi connectivity index (χ1v) is 10.1. The van der Waals surface area contributed by atoms with Crippen LogP contribution in [0, 0.1) is 0 Å². The number of aromatic nitrogens is 2. The molecule has 0 saturated heterocycles. The lowest BCUT2D eigenvalue weighted by molar-refractivity contribution is 0.0672. The van der Waals surface area contributed by atoms with Crippen LogP contribution in [-0.4, -0.2) is 45.6 Å². The summed E-state index contributed by atoms with van der Waals surface area (Å²) >= 11 is 0. The first-order chi connectivity index (χ1) is 14.7. The minimum absolute atomic E-state index is 0.0849. The Labute approximate surface area is 174 Å². The number of rotatable bonds is 4. The molecule has 0 spiro atoms. The van der Waals surface area contributed by atoms with E-state index >= 15 is 0 Å². The number of benzene rings is 2. The Morgan fingerprint density at radius 2 is 2.00 bits per heavy atom. The van der Waals surface area contributed by atoms with Crippen LogP contribution in [0.4, 0.5) is 11.6 Å². The second-order valence-electron chi connectivity index (χ2n) is 7.69. The molecule has 4 N–H and O–H groups in total. The van der Waals surface area contributed by atoms with Crippen molar-refractivity contribution in [2.75, 3.05) is 5.32 Å². The smallest absolute Gasteiger partial charge is 0.464 e. The molecule has 152 valence electrons. The minimum atomic E-state index is -0.849. The number of hydrogen-bond acceptors (Lipinski definition) is 8. The quantitative estimate of drug-likeness (QED) is 0.491. The standard InChI is InChI=1S/C21H22BN5O3/c28-16-6-8-17(9-7-16)30-19-3-1-2-14-11-23-21(26-20(14)19)25-15-5-4-13-12-24-27-22(29)18(13)10-15/h1-5,10-12,16-17,27-29H,6-9H2,(H,23,25,26)/t16-,17+. The van der Waals surface area contributed by atoms with Gasteiger partial charge in [-0.05, 0) is 54.9 Å². The average molecular weight is 403 g/mol. The van der Waals surface area contributed by atoms with Gasteiger partial charge in [0.15, 0.2) is 0 Å². The molecule has 1 aliphatic heterocycles. The minimum Gasteiger partial charge on any atom is -0.488 e. The van der Waals surface area contributed by atoms with Gasteiger partial charge >= 0.3 is 7.05 Å². The molecular weight excluding hydrogens is 381 g/mol. The van der Waals surface area contributed by atoms with Crippen molar-refractivity contribution < 1.29 is 14.9 Å². The Balaban J connectivity index is 1.40. The zero-order valence-corrected chi connectivity index (χ0v) is 16.3. The van der Waals surface area contributed by atoms with Crippen molar-refractivity contribution in [2.24, 2.45) is 5.10 Å². The number of nitrogens with zero attached hydrogens (tertiary/aromatic N) is 3. The molecule has 0 atom stereocenters. The number of aliphatic hydroxyl groups excluding tert-OH is 1. The Morgan fingerprint density at radius 3 is 2.87 bits per heavy atom. The van der Waals surface area contributed by atoms with Gasteiger partial charge in [0.05, 0.1) is 18.4 Å². The summed E-state index contributed by atoms with van der Waals surface area (Å²) in [6, 6.07) is 11.4. The summed E-state index contributed by atoms with van der Waals surface area (Å²) in [6.45, 7) is 0. The second kappa shape index (κ2) is 7.93. The van der Waals surface area contributed by atoms with Crippen molar-refractivity contribution in [3.8, 4) is 5.75 Å². The first-order valence-electron chi connectivity index (χ1n) is 10.1. The van der Waals surface area contributed by atoms with Crippen LogP contribution in [-0.2, 0) is 0 Å². The van der Waals surface area contributed by atoms with Gasteiger partial charge in [0, 0.05) is 17.3 Å². The summed E-state index contributed by atoms with van der Waals surface area (Å²) in [7, 11) is -0.849. The maximum atomic E-state index is 10.1. The van der Waals surface area contributed by atoms with Gasteiger partial charge in [0.25, 0.3) is 0 Å². The number of hydrazone groups is 1. The average Bonchev–Trinajstić information content (AvgIpc) is 2.76. The fourth-order valence-electron chi connectivity index (χ4n) is 3.91. The first kappa shape index (κ1) is 18.8. The normalized spacial score (nSPS) is 20.5. The highest BCUT2D eigenvalue weighted by atomic mass is 16.5. The van der Waals surface area contributed by atoms with Crippen LogP contribution in [0.25, 0.3) is 10.9 Å². The molecule has 1 saturated carbocycles. The van der Waals surface area contributed by atoms with E-state index in [1.54, 1.807) is 12.4 Å². The molecule has 0 radical (unpaired) electrons. The number of nitrogens with one attached hydrogen (secondary N) is 2. The highest BCUT2D eigenvalue weighted by Crippen LogP contribution is 2.29. The van der Waals surface area contributed by atoms with Crippen LogP contribution < -0.4 is 20.9 Å². The summed E-state index contributed by atoms with van der Waals surface area (Å²) in [5, 5.41) is 30.5. The van der Waals surface area contributed by atoms with Crippen LogP contribution in [0.2, 0.25) is 0 Å². The summed E-state index contributed by atoms with van der Waals surface area (Å²) in [6.07, 6.45) is 6.51. The summed E-state index contributed by atoms with van der Waals surface area (Å²) in [4.78, 5) is 9.10. The largest absolute Gasteiger partial charge is 0.488 e. The van der Waals surface area contributed by atoms with E-state index in [9.17, 15) is 10.1 Å². The maximum Gasteiger partial charge on any atom is 0.464 e. The summed E-state index contributed by atoms with van der Waals surface area (Å²) < 4.78 is 6.23. The Morgan fingerprint density at radius 1 is 1.13 bits per heavy atom. The molecule has 8 nitrogen and oxygen atoms in total. The predicted molar refractivity (Wildman–Crippen MR) is 116 cm³/mol. The highest BCUT2D eigenvalue weighted by molar-refractivity contribution is 6.65. The molecule has 1 aromatic heterocycles. The molecule has 2 aliphatic rings. The summed E-state index contributed by atoms with van der Waals surface area (Å²) in [5.74, 6) is 1.17. The van der Waals surface area contributed by atoms with Gasteiger partial charge in [-0.3, -0.25) is 0 Å². The van der Waals surface area contributed by atoms with Gasteiger partial charge in [0.2, 0.25) is 5.95 Å². The van der Waals surface area contributed by atoms with Crippen molar-refractivity contribution in [1.82, 2.24) is 15.3 Å². The number of anilines is 2. The van der Waals surface area contributed by atoms with E-state index in [0.29, 0.717) is 5.95 Å². The third kappa shape index (κ3) is 3.81. The van der Waals surface area contributed by atoms with Crippen molar-refractivity contribution >= 4 is 41.3 Å². The van der Waals surface area contributed by atoms with Crippen LogP contribution in [0.15, 0.2) is 47.7 Å². The van der Waals surface area contributed by atoms with Gasteiger partial charge in [-0.15, -0.1) is 0 Å². The van der Waals surface area contributed by atoms with Crippen molar-refractivity contribution in [2.45, 2.75) is 37.9 Å². The predicted octanol–water partition coefficient (Wildman–Crippen LogP) is 1.68. The third-order valence-corrected chi connectivity index (χ3v) is 5.55. The van der Waals surface area contributed by atoms with Crippen LogP contribution >= 0.6 is 0 Å². The second-order valence-corrected chi connectivity index (χ2v) is 7.69. The van der Waals surface area contributed by atoms with Gasteiger partial charge < -0.3 is 25.5 Å². The molecule has 2 aromatic carbocycles. The molecule has 0 bridgehead atoms. The van der Waals surface area contributed by atoms with E-state index in [4.69, 9.17) is 4.74 Å². The Bertz CT molecular complexity index is 1100. The molecule has 30 heavy (non-hydrogen) atoms. The molecule has 1 aliphatic carbocycles. The Kier molecular flexibility index (Phi) is 4.98. The topological polar surface area (TPSA) is 112 Å². The van der Waals surface area contributed by atoms with Crippen molar-refractivity contribution in [1.29, 1.82) is 0 Å². The van der Waals surface area contributed by atoms with Crippen LogP contribution in [0.3, 0.4) is 0 Å². The van der Waals surface area contributed by atoms with E-state index in [2.05, 4.69) is 25.7 Å². The third-order valence-electron chi connectivity index (χ3n) is 5.55. The van der Waals surface area contributed by atoms with E-state index in [-0.39, 0.29) is 12.2 Å². The monoisotopic (exact) mass is 403 g/mol. The molecule has 5 rings (SSSR count). The van der Waals surface area contributed by atoms with Gasteiger partial charge in [-0.25, -0.2) is 9.97 Å². The lowest BCUT2D eigenvalue weighted by Gasteiger charge is -2.26. The number of para-hydroxylation sites is 1. The highest BCUT2D eigenvalue weighted by Gasteiger charge is 2.23. The van der Waals surface area contributed by atoms with Crippen LogP contribution in [0.1, 0.15) is 31.2 Å². The molecule has 2 heterocycles. The molecule has 0 amide bonds. The van der Waals surface area contributed by atoms with Gasteiger partial charge in [-0.2, -0.15) is 5.10 Å². The number of fused-ring (bicyclic) bond motifs is 2. The molecule has 1 fully saturated rings. The van der Waals surface area contributed by atoms with Crippen molar-refractivity contribution in [3.05, 3.63) is 48.2 Å².